The maximum absolute atomic E-state index is 13.4. The average molecular weight is 357 g/mol. The molecule has 0 aliphatic carbocycles. The fourth-order valence-corrected chi connectivity index (χ4v) is 2.28. The Labute approximate surface area is 153 Å². The Kier molecular flexibility index (Phi) is 7.49. The van der Waals surface area contributed by atoms with Gasteiger partial charge in [-0.15, -0.1) is 0 Å². The van der Waals surface area contributed by atoms with Gasteiger partial charge in [0.25, 0.3) is 0 Å². The number of hydrogen-bond acceptors (Lipinski definition) is 3. The van der Waals surface area contributed by atoms with E-state index < -0.39 is 5.82 Å². The van der Waals surface area contributed by atoms with Crippen LogP contribution in [0.4, 0.5) is 4.39 Å². The van der Waals surface area contributed by atoms with Crippen molar-refractivity contribution < 1.29 is 14.2 Å². The lowest BCUT2D eigenvalue weighted by atomic mass is 10.2. The highest BCUT2D eigenvalue weighted by molar-refractivity contribution is 5.79. The number of aliphatic imine (C=N–C) groups is 1. The molecule has 6 heteroatoms. The maximum Gasteiger partial charge on any atom is 0.191 e. The number of aromatic hydroxyl groups is 1. The van der Waals surface area contributed by atoms with Gasteiger partial charge in [-0.1, -0.05) is 36.9 Å². The van der Waals surface area contributed by atoms with Crippen molar-refractivity contribution in [2.24, 2.45) is 4.99 Å². The fraction of sp³-hybridized carbons (Fsp3) is 0.250. The normalized spacial score (nSPS) is 11.1. The topological polar surface area (TPSA) is 65.9 Å². The number of ether oxygens (including phenoxy) is 1. The van der Waals surface area contributed by atoms with Crippen molar-refractivity contribution >= 4 is 5.96 Å². The fourth-order valence-electron chi connectivity index (χ4n) is 2.28. The summed E-state index contributed by atoms with van der Waals surface area (Å²) in [5.41, 5.74) is 1.67. The first-order chi connectivity index (χ1) is 12.6. The molecule has 0 saturated carbocycles. The van der Waals surface area contributed by atoms with E-state index in [4.69, 9.17) is 4.74 Å². The Hall–Kier alpha value is -3.02. The van der Waals surface area contributed by atoms with Crippen LogP contribution in [0.1, 0.15) is 18.1 Å². The molecular weight excluding hydrogens is 333 g/mol. The van der Waals surface area contributed by atoms with E-state index in [0.29, 0.717) is 37.8 Å². The minimum absolute atomic E-state index is 0.293. The summed E-state index contributed by atoms with van der Waals surface area (Å²) in [5.74, 6) is 0.388. The van der Waals surface area contributed by atoms with Crippen LogP contribution in [0.2, 0.25) is 0 Å². The summed E-state index contributed by atoms with van der Waals surface area (Å²) in [6.07, 6.45) is 1.70. The standard InChI is InChI=1S/C20H24FN3O2/c1-3-11-26-19-8-6-5-7-16(19)14-24-20(22-4-2)23-13-15-9-10-18(25)17(21)12-15/h3,5-10,12,25H,1,4,11,13-14H2,2H3,(H2,22,23,24). The van der Waals surface area contributed by atoms with Crippen LogP contribution in [0.3, 0.4) is 0 Å². The molecule has 0 spiro atoms. The summed E-state index contributed by atoms with van der Waals surface area (Å²) in [4.78, 5) is 4.45. The van der Waals surface area contributed by atoms with Gasteiger partial charge in [-0.2, -0.15) is 0 Å². The minimum Gasteiger partial charge on any atom is -0.505 e. The molecule has 0 amide bonds. The molecule has 0 atom stereocenters. The van der Waals surface area contributed by atoms with E-state index >= 15 is 0 Å². The Morgan fingerprint density at radius 2 is 2.08 bits per heavy atom. The van der Waals surface area contributed by atoms with Crippen LogP contribution >= 0.6 is 0 Å². The number of para-hydroxylation sites is 1. The van der Waals surface area contributed by atoms with Gasteiger partial charge in [0, 0.05) is 18.7 Å². The van der Waals surface area contributed by atoms with Crippen LogP contribution in [0.5, 0.6) is 11.5 Å². The third kappa shape index (κ3) is 5.81. The molecule has 0 unspecified atom stereocenters. The van der Waals surface area contributed by atoms with Crippen LogP contribution in [0.25, 0.3) is 0 Å². The summed E-state index contributed by atoms with van der Waals surface area (Å²) < 4.78 is 19.1. The van der Waals surface area contributed by atoms with Crippen molar-refractivity contribution in [3.8, 4) is 11.5 Å². The van der Waals surface area contributed by atoms with Crippen molar-refractivity contribution in [2.45, 2.75) is 20.0 Å². The monoisotopic (exact) mass is 357 g/mol. The second kappa shape index (κ2) is 10.1. The van der Waals surface area contributed by atoms with Gasteiger partial charge < -0.3 is 20.5 Å². The molecule has 0 aliphatic heterocycles. The largest absolute Gasteiger partial charge is 0.505 e. The van der Waals surface area contributed by atoms with Crippen molar-refractivity contribution in [1.82, 2.24) is 10.6 Å². The Morgan fingerprint density at radius 1 is 1.27 bits per heavy atom. The zero-order chi connectivity index (χ0) is 18.8. The van der Waals surface area contributed by atoms with Crippen LogP contribution in [0.15, 0.2) is 60.1 Å². The van der Waals surface area contributed by atoms with Gasteiger partial charge in [-0.05, 0) is 30.7 Å². The van der Waals surface area contributed by atoms with Crippen LogP contribution in [0, 0.1) is 5.82 Å². The molecule has 2 aromatic rings. The number of nitrogens with zero attached hydrogens (tertiary/aromatic N) is 1. The lowest BCUT2D eigenvalue weighted by Gasteiger charge is -2.14. The zero-order valence-corrected chi connectivity index (χ0v) is 14.8. The predicted molar refractivity (Wildman–Crippen MR) is 102 cm³/mol. The third-order valence-corrected chi connectivity index (χ3v) is 3.55. The highest BCUT2D eigenvalue weighted by Gasteiger charge is 2.05. The molecule has 0 aromatic heterocycles. The van der Waals surface area contributed by atoms with Gasteiger partial charge in [0.2, 0.25) is 0 Å². The number of guanidine groups is 1. The highest BCUT2D eigenvalue weighted by atomic mass is 19.1. The van der Waals surface area contributed by atoms with Crippen molar-refractivity contribution in [1.29, 1.82) is 0 Å². The van der Waals surface area contributed by atoms with Crippen LogP contribution in [-0.2, 0) is 13.1 Å². The lowest BCUT2D eigenvalue weighted by molar-refractivity contribution is 0.358. The molecular formula is C20H24FN3O2. The lowest BCUT2D eigenvalue weighted by Crippen LogP contribution is -2.36. The number of hydrogen-bond donors (Lipinski definition) is 3. The minimum atomic E-state index is -0.649. The summed E-state index contributed by atoms with van der Waals surface area (Å²) in [5, 5.41) is 15.6. The van der Waals surface area contributed by atoms with Gasteiger partial charge >= 0.3 is 0 Å². The quantitative estimate of drug-likeness (QED) is 0.385. The van der Waals surface area contributed by atoms with E-state index in [1.165, 1.54) is 12.1 Å². The van der Waals surface area contributed by atoms with Gasteiger partial charge in [0.05, 0.1) is 6.54 Å². The molecule has 3 N–H and O–H groups in total. The molecule has 2 aromatic carbocycles. The van der Waals surface area contributed by atoms with Gasteiger partial charge in [0.1, 0.15) is 12.4 Å². The van der Waals surface area contributed by atoms with E-state index in [2.05, 4.69) is 22.2 Å². The third-order valence-electron chi connectivity index (χ3n) is 3.55. The van der Waals surface area contributed by atoms with Gasteiger partial charge in [0.15, 0.2) is 17.5 Å². The van der Waals surface area contributed by atoms with Crippen molar-refractivity contribution in [3.05, 3.63) is 72.1 Å². The van der Waals surface area contributed by atoms with Crippen molar-refractivity contribution in [2.75, 3.05) is 13.2 Å². The molecule has 5 nitrogen and oxygen atoms in total. The van der Waals surface area contributed by atoms with E-state index in [-0.39, 0.29) is 5.75 Å². The second-order valence-electron chi connectivity index (χ2n) is 5.54. The Morgan fingerprint density at radius 3 is 2.81 bits per heavy atom. The maximum atomic E-state index is 13.4. The molecule has 2 rings (SSSR count). The number of phenols is 1. The van der Waals surface area contributed by atoms with Gasteiger partial charge in [-0.25, -0.2) is 9.38 Å². The smallest absolute Gasteiger partial charge is 0.191 e. The average Bonchev–Trinajstić information content (AvgIpc) is 2.65. The molecule has 0 bridgehead atoms. The van der Waals surface area contributed by atoms with E-state index in [1.807, 2.05) is 31.2 Å². The summed E-state index contributed by atoms with van der Waals surface area (Å²) in [6.45, 7) is 7.59. The van der Waals surface area contributed by atoms with Crippen LogP contribution in [-0.4, -0.2) is 24.2 Å². The number of benzene rings is 2. The first-order valence-electron chi connectivity index (χ1n) is 8.45. The highest BCUT2D eigenvalue weighted by Crippen LogP contribution is 2.18. The first kappa shape index (κ1) is 19.3. The Balaban J connectivity index is 2.03. The molecule has 0 saturated heterocycles. The van der Waals surface area contributed by atoms with E-state index in [1.54, 1.807) is 12.1 Å². The molecule has 26 heavy (non-hydrogen) atoms. The number of nitrogens with one attached hydrogen (secondary N) is 2. The SMILES string of the molecule is C=CCOc1ccccc1CNC(=NCc1ccc(O)c(F)c1)NCC. The molecule has 0 radical (unpaired) electrons. The molecule has 138 valence electrons. The predicted octanol–water partition coefficient (Wildman–Crippen LogP) is 3.35. The Bertz CT molecular complexity index is 762. The second-order valence-corrected chi connectivity index (χ2v) is 5.54. The summed E-state index contributed by atoms with van der Waals surface area (Å²) in [7, 11) is 0. The summed E-state index contributed by atoms with van der Waals surface area (Å²) in [6, 6.07) is 12.0. The summed E-state index contributed by atoms with van der Waals surface area (Å²) >= 11 is 0. The number of rotatable bonds is 8. The van der Waals surface area contributed by atoms with Gasteiger partial charge in [-0.3, -0.25) is 0 Å². The number of halogens is 1. The molecule has 0 fully saturated rings. The van der Waals surface area contributed by atoms with Crippen molar-refractivity contribution in [3.63, 3.8) is 0 Å². The van der Waals surface area contributed by atoms with E-state index in [9.17, 15) is 9.50 Å². The number of phenolic OH excluding ortho intramolecular Hbond substituents is 1. The first-order valence-corrected chi connectivity index (χ1v) is 8.45. The molecule has 0 aliphatic rings. The van der Waals surface area contributed by atoms with E-state index in [0.717, 1.165) is 11.3 Å². The molecule has 0 heterocycles. The van der Waals surface area contributed by atoms with Crippen LogP contribution < -0.4 is 15.4 Å². The zero-order valence-electron chi connectivity index (χ0n) is 14.8.